The van der Waals surface area contributed by atoms with E-state index in [-0.39, 0.29) is 42.3 Å². The number of aliphatic carboxylic acids is 1. The van der Waals surface area contributed by atoms with Crippen LogP contribution in [0.25, 0.3) is 11.3 Å². The molecule has 1 aliphatic heterocycles. The fraction of sp³-hybridized carbons (Fsp3) is 0.560. The van der Waals surface area contributed by atoms with Gasteiger partial charge in [-0.3, -0.25) is 19.2 Å². The number of hydrogen-bond acceptors (Lipinski definition) is 4. The van der Waals surface area contributed by atoms with Gasteiger partial charge in [0, 0.05) is 31.1 Å². The lowest BCUT2D eigenvalue weighted by molar-refractivity contribution is -0.138. The van der Waals surface area contributed by atoms with E-state index in [4.69, 9.17) is 0 Å². The van der Waals surface area contributed by atoms with Crippen molar-refractivity contribution in [3.8, 4) is 11.3 Å². The SMILES string of the molecule is O=C(O)C[C@H](CCN1CCCC(F)(F)C1)NC(=O)c1cc(-c2ccccc2C(F)(F)F)n(CC2CC2)n1. The quantitative estimate of drug-likeness (QED) is 0.438. The smallest absolute Gasteiger partial charge is 0.417 e. The van der Waals surface area contributed by atoms with Crippen molar-refractivity contribution in [1.29, 1.82) is 0 Å². The molecule has 0 bridgehead atoms. The summed E-state index contributed by atoms with van der Waals surface area (Å²) >= 11 is 0. The number of carbonyl (C=O) groups excluding carboxylic acids is 1. The maximum absolute atomic E-state index is 13.7. The molecule has 2 aliphatic rings. The van der Waals surface area contributed by atoms with E-state index in [9.17, 15) is 36.6 Å². The van der Waals surface area contributed by atoms with Crippen LogP contribution in [0.2, 0.25) is 0 Å². The minimum atomic E-state index is -4.61. The molecule has 1 aromatic carbocycles. The number of likely N-dealkylation sites (tertiary alicyclic amines) is 1. The molecule has 12 heteroatoms. The van der Waals surface area contributed by atoms with Crippen LogP contribution in [0, 0.1) is 5.92 Å². The van der Waals surface area contributed by atoms with Crippen molar-refractivity contribution < 1.29 is 36.6 Å². The lowest BCUT2D eigenvalue weighted by Gasteiger charge is -2.33. The van der Waals surface area contributed by atoms with Crippen molar-refractivity contribution in [2.45, 2.75) is 63.2 Å². The van der Waals surface area contributed by atoms with Crippen LogP contribution in [0.3, 0.4) is 0 Å². The molecule has 2 heterocycles. The third-order valence-electron chi connectivity index (χ3n) is 6.67. The molecule has 2 N–H and O–H groups in total. The summed E-state index contributed by atoms with van der Waals surface area (Å²) in [6, 6.07) is 5.48. The Bertz CT molecular complexity index is 1130. The molecule has 0 spiro atoms. The van der Waals surface area contributed by atoms with Gasteiger partial charge in [-0.15, -0.1) is 0 Å². The van der Waals surface area contributed by atoms with Gasteiger partial charge in [0.2, 0.25) is 0 Å². The first kappa shape index (κ1) is 27.0. The number of piperidine rings is 1. The molecule has 2 fully saturated rings. The molecule has 1 saturated heterocycles. The zero-order chi connectivity index (χ0) is 26.8. The third-order valence-corrected chi connectivity index (χ3v) is 6.67. The van der Waals surface area contributed by atoms with E-state index >= 15 is 0 Å². The van der Waals surface area contributed by atoms with Crippen molar-refractivity contribution >= 4 is 11.9 Å². The summed E-state index contributed by atoms with van der Waals surface area (Å²) in [5.74, 6) is -4.44. The number of amides is 1. The number of carboxylic acid groups (broad SMARTS) is 1. The molecule has 0 unspecified atom stereocenters. The summed E-state index contributed by atoms with van der Waals surface area (Å²) in [6.45, 7) is 0.565. The number of carboxylic acids is 1. The van der Waals surface area contributed by atoms with Crippen LogP contribution < -0.4 is 5.32 Å². The standard InChI is InChI=1S/C25H29F5N4O3/c26-24(27)9-3-10-33(15-24)11-8-17(12-22(35)36)31-23(37)20-13-21(34(32-20)14-16-6-7-16)18-4-1-2-5-19(18)25(28,29)30/h1-2,4-5,13,16-17H,3,6-12,14-15H2,(H,31,37)(H,35,36)/t17-/m0/s1. The van der Waals surface area contributed by atoms with Gasteiger partial charge in [0.1, 0.15) is 0 Å². The lowest BCUT2D eigenvalue weighted by Crippen LogP contribution is -2.45. The predicted molar refractivity (Wildman–Crippen MR) is 124 cm³/mol. The zero-order valence-electron chi connectivity index (χ0n) is 20.1. The number of carbonyl (C=O) groups is 2. The molecule has 202 valence electrons. The largest absolute Gasteiger partial charge is 0.481 e. The highest BCUT2D eigenvalue weighted by Crippen LogP contribution is 2.38. The number of nitrogens with one attached hydrogen (secondary N) is 1. The molecule has 1 saturated carbocycles. The predicted octanol–water partition coefficient (Wildman–Crippen LogP) is 4.67. The molecule has 2 aromatic rings. The molecule has 0 radical (unpaired) electrons. The zero-order valence-corrected chi connectivity index (χ0v) is 20.1. The van der Waals surface area contributed by atoms with Gasteiger partial charge in [0.25, 0.3) is 11.8 Å². The van der Waals surface area contributed by atoms with E-state index in [1.165, 1.54) is 28.9 Å². The molecule has 37 heavy (non-hydrogen) atoms. The monoisotopic (exact) mass is 528 g/mol. The number of alkyl halides is 5. The second-order valence-corrected chi connectivity index (χ2v) is 9.88. The fourth-order valence-electron chi connectivity index (χ4n) is 4.65. The van der Waals surface area contributed by atoms with Crippen LogP contribution in [0.15, 0.2) is 30.3 Å². The molecule has 4 rings (SSSR count). The Kier molecular flexibility index (Phi) is 7.86. The minimum Gasteiger partial charge on any atom is -0.481 e. The first-order valence-electron chi connectivity index (χ1n) is 12.3. The normalized spacial score (nSPS) is 18.9. The van der Waals surface area contributed by atoms with Crippen molar-refractivity contribution in [3.05, 3.63) is 41.6 Å². The Hall–Kier alpha value is -3.02. The van der Waals surface area contributed by atoms with Crippen molar-refractivity contribution in [3.63, 3.8) is 0 Å². The molecule has 1 aliphatic carbocycles. The summed E-state index contributed by atoms with van der Waals surface area (Å²) in [5.41, 5.74) is -0.931. The van der Waals surface area contributed by atoms with Gasteiger partial charge >= 0.3 is 12.1 Å². The second kappa shape index (κ2) is 10.8. The lowest BCUT2D eigenvalue weighted by atomic mass is 10.0. The maximum atomic E-state index is 13.7. The number of nitrogens with zero attached hydrogens (tertiary/aromatic N) is 3. The third kappa shape index (κ3) is 7.27. The Labute approximate surface area is 210 Å². The van der Waals surface area contributed by atoms with E-state index < -0.39 is 48.5 Å². The van der Waals surface area contributed by atoms with Gasteiger partial charge in [0.15, 0.2) is 5.69 Å². The molecule has 1 aromatic heterocycles. The summed E-state index contributed by atoms with van der Waals surface area (Å²) in [4.78, 5) is 26.0. The number of rotatable bonds is 10. The Morgan fingerprint density at radius 2 is 1.95 bits per heavy atom. The van der Waals surface area contributed by atoms with Gasteiger partial charge in [-0.2, -0.15) is 18.3 Å². The summed E-state index contributed by atoms with van der Waals surface area (Å²) in [5, 5.41) is 16.2. The van der Waals surface area contributed by atoms with Crippen LogP contribution in [0.5, 0.6) is 0 Å². The van der Waals surface area contributed by atoms with Crippen LogP contribution in [0.4, 0.5) is 22.0 Å². The number of benzene rings is 1. The molecule has 1 atom stereocenters. The van der Waals surface area contributed by atoms with E-state index in [0.29, 0.717) is 19.5 Å². The van der Waals surface area contributed by atoms with Gasteiger partial charge in [-0.1, -0.05) is 18.2 Å². The second-order valence-electron chi connectivity index (χ2n) is 9.88. The van der Waals surface area contributed by atoms with Crippen molar-refractivity contribution in [2.24, 2.45) is 5.92 Å². The fourth-order valence-corrected chi connectivity index (χ4v) is 4.65. The Morgan fingerprint density at radius 1 is 1.22 bits per heavy atom. The van der Waals surface area contributed by atoms with Crippen molar-refractivity contribution in [2.75, 3.05) is 19.6 Å². The first-order valence-corrected chi connectivity index (χ1v) is 12.3. The average molecular weight is 529 g/mol. The minimum absolute atomic E-state index is 0.102. The van der Waals surface area contributed by atoms with Crippen LogP contribution in [0.1, 0.15) is 54.6 Å². The molecule has 1 amide bonds. The summed E-state index contributed by atoms with van der Waals surface area (Å²) in [7, 11) is 0. The number of hydrogen-bond donors (Lipinski definition) is 2. The maximum Gasteiger partial charge on any atom is 0.417 e. The van der Waals surface area contributed by atoms with Crippen LogP contribution in [-0.4, -0.2) is 63.3 Å². The van der Waals surface area contributed by atoms with Crippen LogP contribution in [-0.2, 0) is 17.5 Å². The van der Waals surface area contributed by atoms with Gasteiger partial charge in [-0.05, 0) is 50.3 Å². The molecular formula is C25H29F5N4O3. The van der Waals surface area contributed by atoms with Gasteiger partial charge in [0.05, 0.1) is 24.2 Å². The number of aromatic nitrogens is 2. The molecular weight excluding hydrogens is 499 g/mol. The highest BCUT2D eigenvalue weighted by molar-refractivity contribution is 5.94. The van der Waals surface area contributed by atoms with E-state index in [0.717, 1.165) is 18.9 Å². The van der Waals surface area contributed by atoms with Crippen molar-refractivity contribution in [1.82, 2.24) is 20.0 Å². The van der Waals surface area contributed by atoms with E-state index in [1.54, 1.807) is 4.90 Å². The van der Waals surface area contributed by atoms with E-state index in [1.807, 2.05) is 0 Å². The summed E-state index contributed by atoms with van der Waals surface area (Å²) < 4.78 is 69.8. The average Bonchev–Trinajstić information content (AvgIpc) is 3.52. The topological polar surface area (TPSA) is 87.5 Å². The first-order chi connectivity index (χ1) is 17.4. The van der Waals surface area contributed by atoms with Gasteiger partial charge in [-0.25, -0.2) is 8.78 Å². The highest BCUT2D eigenvalue weighted by Gasteiger charge is 2.36. The summed E-state index contributed by atoms with van der Waals surface area (Å²) in [6.07, 6.45) is -2.95. The highest BCUT2D eigenvalue weighted by atomic mass is 19.4. The van der Waals surface area contributed by atoms with E-state index in [2.05, 4.69) is 10.4 Å². The number of halogens is 5. The van der Waals surface area contributed by atoms with Crippen LogP contribution >= 0.6 is 0 Å². The Balaban J connectivity index is 1.53. The van der Waals surface area contributed by atoms with Gasteiger partial charge < -0.3 is 10.4 Å². The Morgan fingerprint density at radius 3 is 2.59 bits per heavy atom. The molecule has 7 nitrogen and oxygen atoms in total.